The molecule has 1 aromatic heterocycles. The molecule has 5 nitrogen and oxygen atoms in total. The summed E-state index contributed by atoms with van der Waals surface area (Å²) in [5.41, 5.74) is 2.04. The summed E-state index contributed by atoms with van der Waals surface area (Å²) in [5.74, 6) is 1.65. The van der Waals surface area contributed by atoms with Crippen molar-refractivity contribution in [1.29, 1.82) is 0 Å². The summed E-state index contributed by atoms with van der Waals surface area (Å²) in [6.07, 6.45) is 11.0. The number of rotatable bonds is 6. The largest absolute Gasteiger partial charge is 0.372 e. The second-order valence-electron chi connectivity index (χ2n) is 8.16. The molecule has 0 spiro atoms. The van der Waals surface area contributed by atoms with E-state index in [4.69, 9.17) is 0 Å². The normalized spacial score (nSPS) is 20.0. The molecule has 2 aliphatic rings. The number of carbonyl (C=O) groups excluding carboxylic acids is 1. The molecule has 0 unspecified atom stereocenters. The van der Waals surface area contributed by atoms with Crippen molar-refractivity contribution in [3.05, 3.63) is 48.0 Å². The van der Waals surface area contributed by atoms with Crippen LogP contribution in [0.4, 0.5) is 5.69 Å². The fraction of sp³-hybridized carbons (Fsp3) is 0.565. The molecule has 1 atom stereocenters. The highest BCUT2D eigenvalue weighted by Gasteiger charge is 2.28. The molecule has 2 saturated heterocycles. The molecule has 2 aliphatic heterocycles. The lowest BCUT2D eigenvalue weighted by molar-refractivity contribution is 0.0703. The van der Waals surface area contributed by atoms with Gasteiger partial charge in [0.05, 0.1) is 0 Å². The molecule has 4 rings (SSSR count). The maximum absolute atomic E-state index is 13.1. The Labute approximate surface area is 168 Å². The van der Waals surface area contributed by atoms with Crippen molar-refractivity contribution < 1.29 is 4.79 Å². The van der Waals surface area contributed by atoms with Crippen molar-refractivity contribution in [2.24, 2.45) is 0 Å². The van der Waals surface area contributed by atoms with Crippen molar-refractivity contribution in [2.45, 2.75) is 57.9 Å². The standard InChI is InChI=1S/C23H32N4O/c1-2-3-13-26-17-12-24-22(26)20-7-6-16-27(18-20)23(28)19-8-10-21(11-9-19)25-14-4-5-15-25/h8-12,17,20H,2-7,13-16,18H2,1H3/t20-/m0/s1. The molecule has 0 aliphatic carbocycles. The van der Waals surface area contributed by atoms with Gasteiger partial charge in [0.25, 0.3) is 5.91 Å². The Morgan fingerprint density at radius 2 is 1.89 bits per heavy atom. The van der Waals surface area contributed by atoms with E-state index in [9.17, 15) is 4.79 Å². The van der Waals surface area contributed by atoms with Gasteiger partial charge in [-0.05, 0) is 56.4 Å². The highest BCUT2D eigenvalue weighted by Crippen LogP contribution is 2.28. The van der Waals surface area contributed by atoms with Gasteiger partial charge in [0.1, 0.15) is 5.82 Å². The lowest BCUT2D eigenvalue weighted by Crippen LogP contribution is -2.39. The molecular weight excluding hydrogens is 348 g/mol. The maximum Gasteiger partial charge on any atom is 0.253 e. The predicted octanol–water partition coefficient (Wildman–Crippen LogP) is 4.30. The molecule has 2 fully saturated rings. The number of benzene rings is 1. The number of hydrogen-bond donors (Lipinski definition) is 0. The Balaban J connectivity index is 1.42. The summed E-state index contributed by atoms with van der Waals surface area (Å²) < 4.78 is 2.28. The summed E-state index contributed by atoms with van der Waals surface area (Å²) in [6.45, 7) is 7.12. The zero-order valence-corrected chi connectivity index (χ0v) is 17.0. The second kappa shape index (κ2) is 8.80. The first kappa shape index (κ1) is 19.0. The Morgan fingerprint density at radius 3 is 2.64 bits per heavy atom. The van der Waals surface area contributed by atoms with Crippen LogP contribution in [-0.4, -0.2) is 46.5 Å². The highest BCUT2D eigenvalue weighted by molar-refractivity contribution is 5.94. The Kier molecular flexibility index (Phi) is 5.98. The fourth-order valence-electron chi connectivity index (χ4n) is 4.54. The number of aromatic nitrogens is 2. The Bertz CT molecular complexity index is 776. The van der Waals surface area contributed by atoms with E-state index in [1.54, 1.807) is 0 Å². The zero-order valence-electron chi connectivity index (χ0n) is 17.0. The van der Waals surface area contributed by atoms with E-state index in [2.05, 4.69) is 39.7 Å². The van der Waals surface area contributed by atoms with Crippen LogP contribution in [0.1, 0.15) is 67.5 Å². The lowest BCUT2D eigenvalue weighted by Gasteiger charge is -2.33. The van der Waals surface area contributed by atoms with Crippen LogP contribution in [0, 0.1) is 0 Å². The van der Waals surface area contributed by atoms with Gasteiger partial charge < -0.3 is 14.4 Å². The Hall–Kier alpha value is -2.30. The fourth-order valence-corrected chi connectivity index (χ4v) is 4.54. The van der Waals surface area contributed by atoms with E-state index in [1.165, 1.54) is 31.4 Å². The van der Waals surface area contributed by atoms with Gasteiger partial charge >= 0.3 is 0 Å². The molecular formula is C23H32N4O. The SMILES string of the molecule is CCCCn1ccnc1[C@H]1CCCN(C(=O)c2ccc(N3CCCC3)cc2)C1. The van der Waals surface area contributed by atoms with Gasteiger partial charge in [-0.3, -0.25) is 4.79 Å². The summed E-state index contributed by atoms with van der Waals surface area (Å²) in [6, 6.07) is 8.22. The molecule has 0 saturated carbocycles. The van der Waals surface area contributed by atoms with Crippen LogP contribution in [-0.2, 0) is 6.54 Å². The number of likely N-dealkylation sites (tertiary alicyclic amines) is 1. The van der Waals surface area contributed by atoms with Crippen LogP contribution < -0.4 is 4.90 Å². The third-order valence-corrected chi connectivity index (χ3v) is 6.16. The molecule has 0 N–H and O–H groups in total. The van der Waals surface area contributed by atoms with Crippen molar-refractivity contribution in [1.82, 2.24) is 14.5 Å². The third-order valence-electron chi connectivity index (χ3n) is 6.16. The second-order valence-corrected chi connectivity index (χ2v) is 8.16. The van der Waals surface area contributed by atoms with Gasteiger partial charge in [0.2, 0.25) is 0 Å². The van der Waals surface area contributed by atoms with Crippen molar-refractivity contribution >= 4 is 11.6 Å². The van der Waals surface area contributed by atoms with Gasteiger partial charge in [-0.2, -0.15) is 0 Å². The number of anilines is 1. The zero-order chi connectivity index (χ0) is 19.3. The summed E-state index contributed by atoms with van der Waals surface area (Å²) in [7, 11) is 0. The Morgan fingerprint density at radius 1 is 1.11 bits per heavy atom. The monoisotopic (exact) mass is 380 g/mol. The third kappa shape index (κ3) is 4.08. The van der Waals surface area contributed by atoms with Gasteiger partial charge in [-0.25, -0.2) is 4.98 Å². The minimum absolute atomic E-state index is 0.157. The number of unbranched alkanes of at least 4 members (excludes halogenated alkanes) is 1. The summed E-state index contributed by atoms with van der Waals surface area (Å²) >= 11 is 0. The first-order valence-corrected chi connectivity index (χ1v) is 10.9. The number of carbonyl (C=O) groups is 1. The number of piperidine rings is 1. The lowest BCUT2D eigenvalue weighted by atomic mass is 9.96. The van der Waals surface area contributed by atoms with E-state index in [1.807, 2.05) is 23.2 Å². The minimum Gasteiger partial charge on any atom is -0.372 e. The highest BCUT2D eigenvalue weighted by atomic mass is 16.2. The first-order chi connectivity index (χ1) is 13.8. The molecule has 2 aromatic rings. The van der Waals surface area contributed by atoms with E-state index in [-0.39, 0.29) is 5.91 Å². The van der Waals surface area contributed by atoms with Crippen molar-refractivity contribution in [3.63, 3.8) is 0 Å². The van der Waals surface area contributed by atoms with Crippen LogP contribution in [0.2, 0.25) is 0 Å². The number of imidazole rings is 1. The minimum atomic E-state index is 0.157. The number of aryl methyl sites for hydroxylation is 1. The van der Waals surface area contributed by atoms with Crippen LogP contribution in [0.25, 0.3) is 0 Å². The van der Waals surface area contributed by atoms with Gasteiger partial charge in [0, 0.05) is 62.3 Å². The van der Waals surface area contributed by atoms with Crippen molar-refractivity contribution in [3.8, 4) is 0 Å². The van der Waals surface area contributed by atoms with Crippen LogP contribution >= 0.6 is 0 Å². The number of hydrogen-bond acceptors (Lipinski definition) is 3. The summed E-state index contributed by atoms with van der Waals surface area (Å²) in [4.78, 5) is 22.2. The van der Waals surface area contributed by atoms with Crippen LogP contribution in [0.15, 0.2) is 36.7 Å². The van der Waals surface area contributed by atoms with Crippen LogP contribution in [0.5, 0.6) is 0 Å². The number of nitrogens with zero attached hydrogens (tertiary/aromatic N) is 4. The quantitative estimate of drug-likeness (QED) is 0.750. The average Bonchev–Trinajstić information content (AvgIpc) is 3.44. The first-order valence-electron chi connectivity index (χ1n) is 10.9. The van der Waals surface area contributed by atoms with E-state index in [0.29, 0.717) is 5.92 Å². The molecule has 0 bridgehead atoms. The number of amides is 1. The molecule has 3 heterocycles. The van der Waals surface area contributed by atoms with E-state index < -0.39 is 0 Å². The van der Waals surface area contributed by atoms with E-state index in [0.717, 1.165) is 57.0 Å². The van der Waals surface area contributed by atoms with Crippen molar-refractivity contribution in [2.75, 3.05) is 31.1 Å². The van der Waals surface area contributed by atoms with Crippen LogP contribution in [0.3, 0.4) is 0 Å². The predicted molar refractivity (Wildman–Crippen MR) is 113 cm³/mol. The topological polar surface area (TPSA) is 41.4 Å². The molecule has 5 heteroatoms. The molecule has 1 aromatic carbocycles. The molecule has 28 heavy (non-hydrogen) atoms. The van der Waals surface area contributed by atoms with Gasteiger partial charge in [-0.15, -0.1) is 0 Å². The molecule has 1 amide bonds. The molecule has 150 valence electrons. The average molecular weight is 381 g/mol. The maximum atomic E-state index is 13.1. The smallest absolute Gasteiger partial charge is 0.253 e. The van der Waals surface area contributed by atoms with Gasteiger partial charge in [0.15, 0.2) is 0 Å². The molecule has 0 radical (unpaired) electrons. The van der Waals surface area contributed by atoms with Gasteiger partial charge in [-0.1, -0.05) is 13.3 Å². The summed E-state index contributed by atoms with van der Waals surface area (Å²) in [5, 5.41) is 0. The van der Waals surface area contributed by atoms with E-state index >= 15 is 0 Å².